The molecule has 2 aliphatic heterocycles. The highest BCUT2D eigenvalue weighted by Gasteiger charge is 2.37. The largest absolute Gasteiger partial charge is 0.480 e. The average Bonchev–Trinajstić information content (AvgIpc) is 3.25. The van der Waals surface area contributed by atoms with E-state index in [0.29, 0.717) is 37.4 Å². The van der Waals surface area contributed by atoms with E-state index in [-0.39, 0.29) is 18.7 Å². The van der Waals surface area contributed by atoms with Gasteiger partial charge in [-0.3, -0.25) is 9.59 Å². The van der Waals surface area contributed by atoms with Gasteiger partial charge in [0, 0.05) is 45.6 Å². The van der Waals surface area contributed by atoms with Crippen LogP contribution in [-0.2, 0) is 27.3 Å². The molecule has 0 aliphatic carbocycles. The standard InChI is InChI=1S/C27H32N4O6/c1-29-13-15-30(16-14-29)27(36)37-21-9-7-19(8-10-21)17-22(26(34)35)28-25(33)23-11-12-24(32)31(23)18-20-5-3-2-4-6-20/h2-10,22-23H,11-18H2,1H3,(H,28,33)(H,34,35)/t22-,23-/m0/s1. The van der Waals surface area contributed by atoms with Crippen LogP contribution < -0.4 is 10.1 Å². The number of piperazine rings is 1. The normalized spacial score (nSPS) is 18.9. The number of likely N-dealkylation sites (tertiary alicyclic amines) is 1. The number of likely N-dealkylation sites (N-methyl/N-ethyl adjacent to an activating group) is 1. The highest BCUT2D eigenvalue weighted by atomic mass is 16.6. The molecule has 4 rings (SSSR count). The molecule has 2 heterocycles. The van der Waals surface area contributed by atoms with Gasteiger partial charge in [0.1, 0.15) is 17.8 Å². The van der Waals surface area contributed by atoms with Crippen LogP contribution in [-0.4, -0.2) is 89.0 Å². The van der Waals surface area contributed by atoms with Crippen molar-refractivity contribution in [3.8, 4) is 5.75 Å². The molecule has 0 unspecified atom stereocenters. The Bertz CT molecular complexity index is 1120. The molecular weight excluding hydrogens is 476 g/mol. The van der Waals surface area contributed by atoms with E-state index in [0.717, 1.165) is 18.7 Å². The minimum Gasteiger partial charge on any atom is -0.480 e. The Labute approximate surface area is 215 Å². The third-order valence-electron chi connectivity index (χ3n) is 6.77. The van der Waals surface area contributed by atoms with Gasteiger partial charge in [0.25, 0.3) is 0 Å². The Morgan fingerprint density at radius 1 is 1.00 bits per heavy atom. The van der Waals surface area contributed by atoms with Gasteiger partial charge >= 0.3 is 12.1 Å². The summed E-state index contributed by atoms with van der Waals surface area (Å²) in [6.45, 7) is 3.07. The Hall–Kier alpha value is -3.92. The van der Waals surface area contributed by atoms with Crippen LogP contribution in [0.2, 0.25) is 0 Å². The van der Waals surface area contributed by atoms with Gasteiger partial charge in [0.15, 0.2) is 0 Å². The first-order valence-electron chi connectivity index (χ1n) is 12.4. The van der Waals surface area contributed by atoms with E-state index in [1.54, 1.807) is 29.2 Å². The lowest BCUT2D eigenvalue weighted by Crippen LogP contribution is -2.50. The maximum absolute atomic E-state index is 13.0. The first-order valence-corrected chi connectivity index (χ1v) is 12.4. The number of ether oxygens (including phenoxy) is 1. The lowest BCUT2D eigenvalue weighted by atomic mass is 10.0. The van der Waals surface area contributed by atoms with Gasteiger partial charge in [0.05, 0.1) is 0 Å². The number of carboxylic acid groups (broad SMARTS) is 1. The fraction of sp³-hybridized carbons (Fsp3) is 0.407. The quantitative estimate of drug-likeness (QED) is 0.557. The molecule has 2 aromatic rings. The summed E-state index contributed by atoms with van der Waals surface area (Å²) in [5, 5.41) is 12.4. The van der Waals surface area contributed by atoms with Crippen molar-refractivity contribution >= 4 is 23.9 Å². The fourth-order valence-corrected chi connectivity index (χ4v) is 4.54. The molecule has 0 radical (unpaired) electrons. The highest BCUT2D eigenvalue weighted by molar-refractivity contribution is 5.93. The molecule has 2 aliphatic rings. The number of hydrogen-bond donors (Lipinski definition) is 2. The number of aliphatic carboxylic acids is 1. The summed E-state index contributed by atoms with van der Waals surface area (Å²) in [6.07, 6.45) is 0.226. The first kappa shape index (κ1) is 26.2. The summed E-state index contributed by atoms with van der Waals surface area (Å²) >= 11 is 0. The van der Waals surface area contributed by atoms with Crippen LogP contribution in [0, 0.1) is 0 Å². The smallest absolute Gasteiger partial charge is 0.415 e. The molecule has 2 saturated heterocycles. The molecular formula is C27H32N4O6. The minimum atomic E-state index is -1.17. The molecule has 0 spiro atoms. The predicted molar refractivity (Wildman–Crippen MR) is 135 cm³/mol. The van der Waals surface area contributed by atoms with E-state index in [2.05, 4.69) is 10.2 Å². The lowest BCUT2D eigenvalue weighted by molar-refractivity contribution is -0.143. The average molecular weight is 509 g/mol. The van der Waals surface area contributed by atoms with E-state index in [1.807, 2.05) is 37.4 Å². The monoisotopic (exact) mass is 508 g/mol. The van der Waals surface area contributed by atoms with Gasteiger partial charge in [-0.2, -0.15) is 0 Å². The van der Waals surface area contributed by atoms with Crippen molar-refractivity contribution in [1.82, 2.24) is 20.0 Å². The summed E-state index contributed by atoms with van der Waals surface area (Å²) < 4.78 is 5.44. The Balaban J connectivity index is 1.34. The number of hydrogen-bond acceptors (Lipinski definition) is 6. The number of carbonyl (C=O) groups excluding carboxylic acids is 3. The van der Waals surface area contributed by atoms with Crippen LogP contribution in [0.15, 0.2) is 54.6 Å². The summed E-state index contributed by atoms with van der Waals surface area (Å²) in [6, 6.07) is 14.1. The molecule has 3 amide bonds. The zero-order valence-corrected chi connectivity index (χ0v) is 20.8. The zero-order valence-electron chi connectivity index (χ0n) is 20.8. The number of rotatable bonds is 8. The number of nitrogens with zero attached hydrogens (tertiary/aromatic N) is 3. The van der Waals surface area contributed by atoms with Crippen LogP contribution in [0.4, 0.5) is 4.79 Å². The molecule has 0 saturated carbocycles. The van der Waals surface area contributed by atoms with E-state index in [9.17, 15) is 24.3 Å². The van der Waals surface area contributed by atoms with E-state index < -0.39 is 30.1 Å². The molecule has 0 aromatic heterocycles. The maximum Gasteiger partial charge on any atom is 0.415 e. The van der Waals surface area contributed by atoms with E-state index >= 15 is 0 Å². The predicted octanol–water partition coefficient (Wildman–Crippen LogP) is 1.74. The number of carbonyl (C=O) groups is 4. The van der Waals surface area contributed by atoms with Crippen molar-refractivity contribution in [3.05, 3.63) is 65.7 Å². The van der Waals surface area contributed by atoms with Gasteiger partial charge in [-0.25, -0.2) is 9.59 Å². The summed E-state index contributed by atoms with van der Waals surface area (Å²) in [5.74, 6) is -1.41. The second-order valence-corrected chi connectivity index (χ2v) is 9.47. The molecule has 2 fully saturated rings. The molecule has 196 valence electrons. The van der Waals surface area contributed by atoms with Crippen LogP contribution in [0.25, 0.3) is 0 Å². The van der Waals surface area contributed by atoms with Gasteiger partial charge in [-0.15, -0.1) is 0 Å². The molecule has 37 heavy (non-hydrogen) atoms. The zero-order chi connectivity index (χ0) is 26.4. The van der Waals surface area contributed by atoms with Crippen molar-refractivity contribution in [1.29, 1.82) is 0 Å². The summed E-state index contributed by atoms with van der Waals surface area (Å²) in [4.78, 5) is 55.0. The third-order valence-corrected chi connectivity index (χ3v) is 6.77. The lowest BCUT2D eigenvalue weighted by Gasteiger charge is -2.31. The SMILES string of the molecule is CN1CCN(C(=O)Oc2ccc(C[C@H](NC(=O)[C@@H]3CCC(=O)N3Cc3ccccc3)C(=O)O)cc2)CC1. The third kappa shape index (κ3) is 6.85. The van der Waals surface area contributed by atoms with Crippen LogP contribution in [0.5, 0.6) is 5.75 Å². The van der Waals surface area contributed by atoms with Crippen molar-refractivity contribution < 1.29 is 29.0 Å². The van der Waals surface area contributed by atoms with Gasteiger partial charge < -0.3 is 29.9 Å². The molecule has 2 N–H and O–H groups in total. The van der Waals surface area contributed by atoms with Crippen molar-refractivity contribution in [2.75, 3.05) is 33.2 Å². The molecule has 2 aromatic carbocycles. The highest BCUT2D eigenvalue weighted by Crippen LogP contribution is 2.22. The Morgan fingerprint density at radius 3 is 2.32 bits per heavy atom. The summed E-state index contributed by atoms with van der Waals surface area (Å²) in [5.41, 5.74) is 1.56. The van der Waals surface area contributed by atoms with Crippen LogP contribution >= 0.6 is 0 Å². The number of benzene rings is 2. The van der Waals surface area contributed by atoms with Crippen molar-refractivity contribution in [2.24, 2.45) is 0 Å². The minimum absolute atomic E-state index is 0.0487. The second kappa shape index (κ2) is 11.9. The maximum atomic E-state index is 13.0. The van der Waals surface area contributed by atoms with Crippen molar-refractivity contribution in [2.45, 2.75) is 37.9 Å². The number of amides is 3. The Kier molecular flexibility index (Phi) is 8.39. The van der Waals surface area contributed by atoms with Gasteiger partial charge in [0.2, 0.25) is 11.8 Å². The van der Waals surface area contributed by atoms with Gasteiger partial charge in [-0.05, 0) is 36.7 Å². The Morgan fingerprint density at radius 2 is 1.68 bits per heavy atom. The van der Waals surface area contributed by atoms with E-state index in [1.165, 1.54) is 4.90 Å². The number of carboxylic acids is 1. The van der Waals surface area contributed by atoms with Crippen molar-refractivity contribution in [3.63, 3.8) is 0 Å². The van der Waals surface area contributed by atoms with E-state index in [4.69, 9.17) is 4.74 Å². The van der Waals surface area contributed by atoms with Gasteiger partial charge in [-0.1, -0.05) is 42.5 Å². The topological polar surface area (TPSA) is 119 Å². The molecule has 10 nitrogen and oxygen atoms in total. The van der Waals surface area contributed by atoms with Crippen LogP contribution in [0.3, 0.4) is 0 Å². The number of nitrogens with one attached hydrogen (secondary N) is 1. The molecule has 10 heteroatoms. The second-order valence-electron chi connectivity index (χ2n) is 9.47. The fourth-order valence-electron chi connectivity index (χ4n) is 4.54. The van der Waals surface area contributed by atoms with Crippen LogP contribution in [0.1, 0.15) is 24.0 Å². The first-order chi connectivity index (χ1) is 17.8. The molecule has 2 atom stereocenters. The molecule has 0 bridgehead atoms. The summed E-state index contributed by atoms with van der Waals surface area (Å²) in [7, 11) is 2.00.